The second-order valence-corrected chi connectivity index (χ2v) is 4.44. The van der Waals surface area contributed by atoms with Crippen molar-refractivity contribution < 1.29 is 9.90 Å². The Bertz CT molecular complexity index is 252. The normalized spacial score (nSPS) is 39.8. The summed E-state index contributed by atoms with van der Waals surface area (Å²) in [6.07, 6.45) is 4.34. The van der Waals surface area contributed by atoms with Crippen LogP contribution in [0.2, 0.25) is 0 Å². The van der Waals surface area contributed by atoms with E-state index in [1.165, 1.54) is 0 Å². The third kappa shape index (κ3) is 1.57. The molecule has 2 fully saturated rings. The molecule has 2 bridgehead atoms. The maximum atomic E-state index is 11.7. The van der Waals surface area contributed by atoms with Gasteiger partial charge >= 0.3 is 0 Å². The van der Waals surface area contributed by atoms with Crippen molar-refractivity contribution in [2.24, 2.45) is 17.8 Å². The number of rotatable bonds is 3. The molecule has 2 aliphatic carbocycles. The number of aliphatic hydroxyl groups excluding tert-OH is 1. The lowest BCUT2D eigenvalue weighted by Gasteiger charge is -2.24. The standard InChI is InChI=1S/C11H17NO2/c1-2-3-12-11(14)9-5-7-4-8(9)10(13)6-7/h2,7-10,13H,1,3-6H2,(H,12,14)/t7-,8+,9-,10+/m1/s1. The molecule has 0 heterocycles. The van der Waals surface area contributed by atoms with Crippen LogP contribution in [0.1, 0.15) is 19.3 Å². The second kappa shape index (κ2) is 3.73. The highest BCUT2D eigenvalue weighted by atomic mass is 16.3. The molecule has 2 saturated carbocycles. The zero-order valence-corrected chi connectivity index (χ0v) is 8.28. The number of amides is 1. The van der Waals surface area contributed by atoms with Crippen molar-refractivity contribution in [3.05, 3.63) is 12.7 Å². The van der Waals surface area contributed by atoms with Gasteiger partial charge in [-0.2, -0.15) is 0 Å². The zero-order valence-electron chi connectivity index (χ0n) is 8.28. The van der Waals surface area contributed by atoms with Gasteiger partial charge in [-0.1, -0.05) is 6.08 Å². The number of fused-ring (bicyclic) bond motifs is 2. The number of aliphatic hydroxyl groups is 1. The molecule has 0 aromatic carbocycles. The highest BCUT2D eigenvalue weighted by Gasteiger charge is 2.48. The van der Waals surface area contributed by atoms with Crippen LogP contribution in [-0.2, 0) is 4.79 Å². The van der Waals surface area contributed by atoms with Crippen LogP contribution in [0.4, 0.5) is 0 Å². The molecule has 0 saturated heterocycles. The fraction of sp³-hybridized carbons (Fsp3) is 0.727. The molecule has 0 spiro atoms. The molecular formula is C11H17NO2. The number of nitrogens with one attached hydrogen (secondary N) is 1. The SMILES string of the molecule is C=CCNC(=O)[C@@H]1C[C@H]2C[C@@H]1[C@@H](O)C2. The van der Waals surface area contributed by atoms with Crippen molar-refractivity contribution in [2.45, 2.75) is 25.4 Å². The van der Waals surface area contributed by atoms with Gasteiger partial charge < -0.3 is 10.4 Å². The first-order valence-electron chi connectivity index (χ1n) is 5.29. The molecule has 0 aromatic rings. The Morgan fingerprint density at radius 2 is 2.29 bits per heavy atom. The van der Waals surface area contributed by atoms with Gasteiger partial charge in [-0.3, -0.25) is 4.79 Å². The maximum absolute atomic E-state index is 11.7. The summed E-state index contributed by atoms with van der Waals surface area (Å²) in [7, 11) is 0. The number of hydrogen-bond acceptors (Lipinski definition) is 2. The maximum Gasteiger partial charge on any atom is 0.223 e. The van der Waals surface area contributed by atoms with E-state index < -0.39 is 0 Å². The highest BCUT2D eigenvalue weighted by molar-refractivity contribution is 5.79. The van der Waals surface area contributed by atoms with E-state index in [0.717, 1.165) is 19.3 Å². The summed E-state index contributed by atoms with van der Waals surface area (Å²) in [6.45, 7) is 4.09. The Hall–Kier alpha value is -0.830. The molecule has 14 heavy (non-hydrogen) atoms. The minimum absolute atomic E-state index is 0.0451. The summed E-state index contributed by atoms with van der Waals surface area (Å²) in [5.74, 6) is 0.930. The summed E-state index contributed by atoms with van der Waals surface area (Å²) in [4.78, 5) is 11.7. The van der Waals surface area contributed by atoms with E-state index in [2.05, 4.69) is 11.9 Å². The number of carbonyl (C=O) groups is 1. The Kier molecular flexibility index (Phi) is 2.59. The molecule has 3 nitrogen and oxygen atoms in total. The molecule has 2 aliphatic rings. The van der Waals surface area contributed by atoms with E-state index in [0.29, 0.717) is 12.5 Å². The van der Waals surface area contributed by atoms with Gasteiger partial charge in [0.25, 0.3) is 0 Å². The van der Waals surface area contributed by atoms with Crippen LogP contribution in [0.25, 0.3) is 0 Å². The molecule has 1 amide bonds. The van der Waals surface area contributed by atoms with Crippen LogP contribution >= 0.6 is 0 Å². The van der Waals surface area contributed by atoms with Crippen molar-refractivity contribution in [1.82, 2.24) is 5.32 Å². The number of hydrogen-bond donors (Lipinski definition) is 2. The lowest BCUT2D eigenvalue weighted by atomic mass is 9.86. The van der Waals surface area contributed by atoms with E-state index in [-0.39, 0.29) is 23.8 Å². The Morgan fingerprint density at radius 1 is 1.50 bits per heavy atom. The lowest BCUT2D eigenvalue weighted by Crippen LogP contribution is -2.37. The van der Waals surface area contributed by atoms with Gasteiger partial charge in [-0.05, 0) is 31.1 Å². The molecule has 2 rings (SSSR count). The van der Waals surface area contributed by atoms with Crippen LogP contribution < -0.4 is 5.32 Å². The predicted molar refractivity (Wildman–Crippen MR) is 53.5 cm³/mol. The highest BCUT2D eigenvalue weighted by Crippen LogP contribution is 2.48. The van der Waals surface area contributed by atoms with Crippen molar-refractivity contribution in [3.8, 4) is 0 Å². The van der Waals surface area contributed by atoms with E-state index in [1.54, 1.807) is 6.08 Å². The van der Waals surface area contributed by atoms with Crippen LogP contribution in [0.15, 0.2) is 12.7 Å². The van der Waals surface area contributed by atoms with E-state index in [4.69, 9.17) is 0 Å². The zero-order chi connectivity index (χ0) is 10.1. The van der Waals surface area contributed by atoms with Gasteiger partial charge in [-0.25, -0.2) is 0 Å². The second-order valence-electron chi connectivity index (χ2n) is 4.44. The largest absolute Gasteiger partial charge is 0.393 e. The third-order valence-corrected chi connectivity index (χ3v) is 3.54. The smallest absolute Gasteiger partial charge is 0.223 e. The average Bonchev–Trinajstić information content (AvgIpc) is 2.72. The Balaban J connectivity index is 1.93. The van der Waals surface area contributed by atoms with E-state index in [1.807, 2.05) is 0 Å². The van der Waals surface area contributed by atoms with Gasteiger partial charge in [0.2, 0.25) is 5.91 Å². The predicted octanol–water partition coefficient (Wildman–Crippen LogP) is 0.696. The third-order valence-electron chi connectivity index (χ3n) is 3.54. The van der Waals surface area contributed by atoms with Crippen LogP contribution in [0.5, 0.6) is 0 Å². The molecule has 0 radical (unpaired) electrons. The molecule has 0 aromatic heterocycles. The first kappa shape index (κ1) is 9.71. The van der Waals surface area contributed by atoms with E-state index >= 15 is 0 Å². The summed E-state index contributed by atoms with van der Waals surface area (Å²) >= 11 is 0. The van der Waals surface area contributed by atoms with Gasteiger partial charge in [0.1, 0.15) is 0 Å². The summed E-state index contributed by atoms with van der Waals surface area (Å²) < 4.78 is 0. The van der Waals surface area contributed by atoms with E-state index in [9.17, 15) is 9.90 Å². The minimum atomic E-state index is -0.242. The Labute approximate surface area is 84.2 Å². The van der Waals surface area contributed by atoms with Crippen LogP contribution in [0, 0.1) is 17.8 Å². The first-order valence-corrected chi connectivity index (χ1v) is 5.29. The molecule has 0 aliphatic heterocycles. The van der Waals surface area contributed by atoms with Gasteiger partial charge in [0, 0.05) is 12.5 Å². The van der Waals surface area contributed by atoms with Crippen molar-refractivity contribution in [1.29, 1.82) is 0 Å². The summed E-state index contributed by atoms with van der Waals surface area (Å²) in [6, 6.07) is 0. The first-order chi connectivity index (χ1) is 6.72. The molecule has 2 N–H and O–H groups in total. The van der Waals surface area contributed by atoms with Gasteiger partial charge in [0.15, 0.2) is 0 Å². The fourth-order valence-electron chi connectivity index (χ4n) is 2.92. The van der Waals surface area contributed by atoms with Crippen LogP contribution in [0.3, 0.4) is 0 Å². The van der Waals surface area contributed by atoms with Gasteiger partial charge in [-0.15, -0.1) is 6.58 Å². The lowest BCUT2D eigenvalue weighted by molar-refractivity contribution is -0.128. The number of carbonyl (C=O) groups excluding carboxylic acids is 1. The monoisotopic (exact) mass is 195 g/mol. The van der Waals surface area contributed by atoms with Crippen molar-refractivity contribution in [3.63, 3.8) is 0 Å². The minimum Gasteiger partial charge on any atom is -0.393 e. The topological polar surface area (TPSA) is 49.3 Å². The summed E-state index contributed by atoms with van der Waals surface area (Å²) in [5, 5.41) is 12.5. The fourth-order valence-corrected chi connectivity index (χ4v) is 2.92. The molecule has 3 heteroatoms. The van der Waals surface area contributed by atoms with Crippen LogP contribution in [-0.4, -0.2) is 23.7 Å². The Morgan fingerprint density at radius 3 is 2.86 bits per heavy atom. The summed E-state index contributed by atoms with van der Waals surface area (Å²) in [5.41, 5.74) is 0. The van der Waals surface area contributed by atoms with Gasteiger partial charge in [0.05, 0.1) is 6.10 Å². The molecular weight excluding hydrogens is 178 g/mol. The quantitative estimate of drug-likeness (QED) is 0.651. The molecule has 4 atom stereocenters. The van der Waals surface area contributed by atoms with Crippen molar-refractivity contribution >= 4 is 5.91 Å². The molecule has 0 unspecified atom stereocenters. The molecule has 78 valence electrons. The average molecular weight is 195 g/mol. The van der Waals surface area contributed by atoms with Crippen molar-refractivity contribution in [2.75, 3.05) is 6.54 Å².